The molecule has 0 unspecified atom stereocenters. The molecule has 1 aromatic carbocycles. The number of carbonyl (C=O) groups is 1. The summed E-state index contributed by atoms with van der Waals surface area (Å²) in [4.78, 5) is 11.5. The number of benzene rings is 1. The van der Waals surface area contributed by atoms with Gasteiger partial charge in [0.15, 0.2) is 0 Å². The van der Waals surface area contributed by atoms with Crippen molar-refractivity contribution < 1.29 is 9.18 Å². The first kappa shape index (κ1) is 12.4. The van der Waals surface area contributed by atoms with Crippen molar-refractivity contribution in [1.82, 2.24) is 0 Å². The van der Waals surface area contributed by atoms with Crippen LogP contribution in [0.2, 0.25) is 0 Å². The monoisotopic (exact) mass is 272 g/mol. The number of rotatable bonds is 5. The minimum Gasteiger partial charge on any atom is -0.299 e. The molecule has 82 valence electrons. The molecule has 1 rings (SSSR count). The zero-order valence-electron chi connectivity index (χ0n) is 8.72. The van der Waals surface area contributed by atoms with Gasteiger partial charge in [-0.15, -0.1) is 0 Å². The third-order valence-corrected chi connectivity index (χ3v) is 2.70. The average Bonchev–Trinajstić information content (AvgIpc) is 2.20. The second kappa shape index (κ2) is 6.01. The lowest BCUT2D eigenvalue weighted by molar-refractivity contribution is -0.118. The van der Waals surface area contributed by atoms with E-state index >= 15 is 0 Å². The zero-order valence-corrected chi connectivity index (χ0v) is 10.3. The molecule has 3 heteroatoms. The highest BCUT2D eigenvalue weighted by Gasteiger charge is 2.08. The smallest absolute Gasteiger partial charge is 0.137 e. The molecule has 0 atom stereocenters. The number of Topliss-reactive ketones (excluding diaryl/α,β-unsaturated/α-hetero) is 1. The maximum Gasteiger partial charge on any atom is 0.137 e. The van der Waals surface area contributed by atoms with Gasteiger partial charge in [0.25, 0.3) is 0 Å². The number of hydrogen-bond acceptors (Lipinski definition) is 1. The minimum atomic E-state index is -0.303. The van der Waals surface area contributed by atoms with Crippen LogP contribution in [0.15, 0.2) is 22.7 Å². The van der Waals surface area contributed by atoms with Crippen molar-refractivity contribution in [3.8, 4) is 0 Å². The molecule has 15 heavy (non-hydrogen) atoms. The number of halogens is 2. The standard InChI is InChI=1S/C12H14BrFO/c1-2-3-4-11(15)8-9-7-10(13)5-6-12(9)14/h5-7H,2-4,8H2,1H3. The molecule has 0 saturated carbocycles. The van der Waals surface area contributed by atoms with E-state index in [9.17, 15) is 9.18 Å². The van der Waals surface area contributed by atoms with Crippen LogP contribution in [0.3, 0.4) is 0 Å². The quantitative estimate of drug-likeness (QED) is 0.795. The van der Waals surface area contributed by atoms with E-state index in [0.717, 1.165) is 17.3 Å². The summed E-state index contributed by atoms with van der Waals surface area (Å²) in [5, 5.41) is 0. The van der Waals surface area contributed by atoms with Gasteiger partial charge in [0.05, 0.1) is 0 Å². The lowest BCUT2D eigenvalue weighted by Crippen LogP contribution is -2.04. The first-order chi connectivity index (χ1) is 7.13. The van der Waals surface area contributed by atoms with Crippen LogP contribution in [0.25, 0.3) is 0 Å². The van der Waals surface area contributed by atoms with Gasteiger partial charge in [-0.3, -0.25) is 4.79 Å². The summed E-state index contributed by atoms with van der Waals surface area (Å²) in [6.45, 7) is 2.03. The Bertz CT molecular complexity index is 349. The van der Waals surface area contributed by atoms with Gasteiger partial charge in [-0.25, -0.2) is 4.39 Å². The Morgan fingerprint density at radius 1 is 1.47 bits per heavy atom. The first-order valence-electron chi connectivity index (χ1n) is 5.09. The Morgan fingerprint density at radius 3 is 2.87 bits per heavy atom. The molecule has 0 N–H and O–H groups in total. The fourth-order valence-corrected chi connectivity index (χ4v) is 1.76. The Balaban J connectivity index is 2.63. The van der Waals surface area contributed by atoms with Crippen LogP contribution in [-0.4, -0.2) is 5.78 Å². The summed E-state index contributed by atoms with van der Waals surface area (Å²) in [5.74, 6) is -0.197. The highest BCUT2D eigenvalue weighted by Crippen LogP contribution is 2.16. The molecule has 1 aromatic rings. The molecule has 0 saturated heterocycles. The fraction of sp³-hybridized carbons (Fsp3) is 0.417. The maximum atomic E-state index is 13.3. The summed E-state index contributed by atoms with van der Waals surface area (Å²) in [6, 6.07) is 4.68. The van der Waals surface area contributed by atoms with E-state index in [-0.39, 0.29) is 18.0 Å². The fourth-order valence-electron chi connectivity index (χ4n) is 1.35. The predicted molar refractivity (Wildman–Crippen MR) is 62.3 cm³/mol. The van der Waals surface area contributed by atoms with Crippen molar-refractivity contribution in [2.24, 2.45) is 0 Å². The van der Waals surface area contributed by atoms with Crippen LogP contribution in [0, 0.1) is 5.82 Å². The molecule has 0 aliphatic carbocycles. The second-order valence-corrected chi connectivity index (χ2v) is 4.47. The molecule has 0 bridgehead atoms. The molecule has 0 spiro atoms. The Morgan fingerprint density at radius 2 is 2.20 bits per heavy atom. The second-order valence-electron chi connectivity index (χ2n) is 3.55. The van der Waals surface area contributed by atoms with Crippen molar-refractivity contribution in [1.29, 1.82) is 0 Å². The van der Waals surface area contributed by atoms with Gasteiger partial charge >= 0.3 is 0 Å². The van der Waals surface area contributed by atoms with Crippen LogP contribution in [-0.2, 0) is 11.2 Å². The Kier molecular flexibility index (Phi) is 4.95. The lowest BCUT2D eigenvalue weighted by Gasteiger charge is -2.03. The highest BCUT2D eigenvalue weighted by atomic mass is 79.9. The molecule has 0 heterocycles. The SMILES string of the molecule is CCCCC(=O)Cc1cc(Br)ccc1F. The summed E-state index contributed by atoms with van der Waals surface area (Å²) in [7, 11) is 0. The van der Waals surface area contributed by atoms with Crippen molar-refractivity contribution in [3.63, 3.8) is 0 Å². The molecule has 0 aliphatic heterocycles. The number of hydrogen-bond donors (Lipinski definition) is 0. The van der Waals surface area contributed by atoms with Crippen molar-refractivity contribution >= 4 is 21.7 Å². The summed E-state index contributed by atoms with van der Waals surface area (Å²) in [6.07, 6.45) is 2.62. The Labute approximate surface area is 97.8 Å². The lowest BCUT2D eigenvalue weighted by atomic mass is 10.0. The van der Waals surface area contributed by atoms with E-state index in [0.29, 0.717) is 12.0 Å². The van der Waals surface area contributed by atoms with Crippen LogP contribution in [0.1, 0.15) is 31.7 Å². The molecule has 1 nitrogen and oxygen atoms in total. The largest absolute Gasteiger partial charge is 0.299 e. The summed E-state index contributed by atoms with van der Waals surface area (Å²) >= 11 is 3.26. The summed E-state index contributed by atoms with van der Waals surface area (Å²) < 4.78 is 14.1. The average molecular weight is 273 g/mol. The van der Waals surface area contributed by atoms with Gasteiger partial charge in [-0.1, -0.05) is 29.3 Å². The first-order valence-corrected chi connectivity index (χ1v) is 5.88. The maximum absolute atomic E-state index is 13.3. The van der Waals surface area contributed by atoms with E-state index in [1.54, 1.807) is 12.1 Å². The normalized spacial score (nSPS) is 10.3. The molecule has 0 radical (unpaired) electrons. The van der Waals surface area contributed by atoms with Crippen molar-refractivity contribution in [2.75, 3.05) is 0 Å². The molecular weight excluding hydrogens is 259 g/mol. The zero-order chi connectivity index (χ0) is 11.3. The van der Waals surface area contributed by atoms with Crippen LogP contribution >= 0.6 is 15.9 Å². The third-order valence-electron chi connectivity index (χ3n) is 2.20. The van der Waals surface area contributed by atoms with E-state index in [1.807, 2.05) is 6.92 Å². The molecular formula is C12H14BrFO. The van der Waals surface area contributed by atoms with Crippen LogP contribution in [0.5, 0.6) is 0 Å². The van der Waals surface area contributed by atoms with Crippen molar-refractivity contribution in [2.45, 2.75) is 32.6 Å². The number of unbranched alkanes of at least 4 members (excludes halogenated alkanes) is 1. The Hall–Kier alpha value is -0.700. The van der Waals surface area contributed by atoms with Gasteiger partial charge < -0.3 is 0 Å². The highest BCUT2D eigenvalue weighted by molar-refractivity contribution is 9.10. The van der Waals surface area contributed by atoms with Gasteiger partial charge in [-0.05, 0) is 30.2 Å². The molecule has 0 fully saturated rings. The molecule has 0 aromatic heterocycles. The molecule has 0 amide bonds. The van der Waals surface area contributed by atoms with Crippen molar-refractivity contribution in [3.05, 3.63) is 34.1 Å². The van der Waals surface area contributed by atoms with Gasteiger partial charge in [0, 0.05) is 17.3 Å². The van der Waals surface area contributed by atoms with E-state index in [1.165, 1.54) is 6.07 Å². The van der Waals surface area contributed by atoms with E-state index in [2.05, 4.69) is 15.9 Å². The van der Waals surface area contributed by atoms with E-state index in [4.69, 9.17) is 0 Å². The van der Waals surface area contributed by atoms with Gasteiger partial charge in [0.2, 0.25) is 0 Å². The number of carbonyl (C=O) groups excluding carboxylic acids is 1. The van der Waals surface area contributed by atoms with Gasteiger partial charge in [0.1, 0.15) is 11.6 Å². The topological polar surface area (TPSA) is 17.1 Å². The third kappa shape index (κ3) is 4.12. The predicted octanol–water partition coefficient (Wildman–Crippen LogP) is 3.89. The summed E-state index contributed by atoms with van der Waals surface area (Å²) in [5.41, 5.74) is 0.477. The van der Waals surface area contributed by atoms with Gasteiger partial charge in [-0.2, -0.15) is 0 Å². The van der Waals surface area contributed by atoms with Crippen LogP contribution in [0.4, 0.5) is 4.39 Å². The minimum absolute atomic E-state index is 0.105. The van der Waals surface area contributed by atoms with Crippen LogP contribution < -0.4 is 0 Å². The molecule has 0 aliphatic rings. The van der Waals surface area contributed by atoms with E-state index < -0.39 is 0 Å². The number of ketones is 1.